The summed E-state index contributed by atoms with van der Waals surface area (Å²) in [7, 11) is 0. The van der Waals surface area contributed by atoms with Gasteiger partial charge in [0.2, 0.25) is 0 Å². The molecule has 0 aromatic heterocycles. The molecule has 0 saturated heterocycles. The molecule has 0 aliphatic carbocycles. The normalized spacial score (nSPS) is 12.3. The molecule has 0 fully saturated rings. The van der Waals surface area contributed by atoms with Gasteiger partial charge in [0.1, 0.15) is 11.6 Å². The van der Waals surface area contributed by atoms with E-state index in [2.05, 4.69) is 4.74 Å². The van der Waals surface area contributed by atoms with Crippen molar-refractivity contribution in [2.75, 3.05) is 6.61 Å². The number of ether oxygens (including phenoxy) is 1. The van der Waals surface area contributed by atoms with E-state index in [4.69, 9.17) is 11.1 Å². The quantitative estimate of drug-likeness (QED) is 0.510. The van der Waals surface area contributed by atoms with Crippen molar-refractivity contribution in [3.8, 4) is 5.75 Å². The molecule has 1 rings (SSSR count). The maximum atomic E-state index is 12.4. The van der Waals surface area contributed by atoms with Crippen molar-refractivity contribution in [3.05, 3.63) is 29.3 Å². The first-order chi connectivity index (χ1) is 8.50. The van der Waals surface area contributed by atoms with E-state index in [0.29, 0.717) is 18.2 Å². The van der Waals surface area contributed by atoms with Gasteiger partial charge in [0.15, 0.2) is 6.61 Å². The Bertz CT molecular complexity index is 480. The summed E-state index contributed by atoms with van der Waals surface area (Å²) in [5, 5.41) is 7.06. The van der Waals surface area contributed by atoms with Crippen LogP contribution in [0.1, 0.15) is 11.1 Å². The maximum Gasteiger partial charge on any atom is 0.422 e. The number of benzene rings is 1. The first kappa shape index (κ1) is 15.1. The molecular formula is C10H8F6N2O. The SMILES string of the molecule is N=C(N)c1cc(C(F)(F)F)ccc1OCC(F)(F)F. The summed E-state index contributed by atoms with van der Waals surface area (Å²) in [6.07, 6.45) is -9.33. The van der Waals surface area contributed by atoms with Crippen molar-refractivity contribution < 1.29 is 31.1 Å². The second-order valence-electron chi connectivity index (χ2n) is 3.53. The van der Waals surface area contributed by atoms with E-state index in [-0.39, 0.29) is 0 Å². The highest BCUT2D eigenvalue weighted by Crippen LogP contribution is 2.32. The average molecular weight is 286 g/mol. The highest BCUT2D eigenvalue weighted by atomic mass is 19.4. The Labute approximate surface area is 103 Å². The summed E-state index contributed by atoms with van der Waals surface area (Å²) < 4.78 is 77.4. The number of nitrogens with one attached hydrogen (secondary N) is 1. The van der Waals surface area contributed by atoms with Gasteiger partial charge < -0.3 is 10.5 Å². The first-order valence-corrected chi connectivity index (χ1v) is 4.76. The van der Waals surface area contributed by atoms with Gasteiger partial charge in [-0.05, 0) is 18.2 Å². The zero-order valence-corrected chi connectivity index (χ0v) is 9.19. The molecule has 106 valence electrons. The molecule has 0 aliphatic heterocycles. The Balaban J connectivity index is 3.09. The lowest BCUT2D eigenvalue weighted by molar-refractivity contribution is -0.153. The summed E-state index contributed by atoms with van der Waals surface area (Å²) in [4.78, 5) is 0. The van der Waals surface area contributed by atoms with Crippen LogP contribution in [0.15, 0.2) is 18.2 Å². The Hall–Kier alpha value is -1.93. The molecule has 0 unspecified atom stereocenters. The molecule has 0 spiro atoms. The molecule has 0 bridgehead atoms. The van der Waals surface area contributed by atoms with Crippen LogP contribution in [0, 0.1) is 5.41 Å². The molecule has 1 aromatic rings. The summed E-state index contributed by atoms with van der Waals surface area (Å²) in [5.41, 5.74) is 3.35. The molecule has 3 N–H and O–H groups in total. The standard InChI is InChI=1S/C10H8F6N2O/c11-9(12,13)4-19-7-2-1-5(10(14,15)16)3-6(7)8(17)18/h1-3H,4H2,(H3,17,18). The van der Waals surface area contributed by atoms with Crippen LogP contribution in [0.3, 0.4) is 0 Å². The number of alkyl halides is 6. The first-order valence-electron chi connectivity index (χ1n) is 4.76. The number of hydrogen-bond acceptors (Lipinski definition) is 2. The summed E-state index contributed by atoms with van der Waals surface area (Å²) in [6, 6.07) is 1.72. The van der Waals surface area contributed by atoms with Crippen LogP contribution in [0.25, 0.3) is 0 Å². The third-order valence-electron chi connectivity index (χ3n) is 1.99. The fourth-order valence-electron chi connectivity index (χ4n) is 1.20. The van der Waals surface area contributed by atoms with Gasteiger partial charge in [-0.1, -0.05) is 0 Å². The zero-order valence-electron chi connectivity index (χ0n) is 9.19. The third kappa shape index (κ3) is 4.34. The van der Waals surface area contributed by atoms with Crippen molar-refractivity contribution in [1.29, 1.82) is 5.41 Å². The maximum absolute atomic E-state index is 12.4. The molecule has 19 heavy (non-hydrogen) atoms. The van der Waals surface area contributed by atoms with Gasteiger partial charge in [0.25, 0.3) is 0 Å². The molecule has 0 saturated carbocycles. The number of hydrogen-bond donors (Lipinski definition) is 2. The lowest BCUT2D eigenvalue weighted by Crippen LogP contribution is -2.22. The average Bonchev–Trinajstić information content (AvgIpc) is 2.23. The fraction of sp³-hybridized carbons (Fsp3) is 0.300. The number of nitrogens with two attached hydrogens (primary N) is 1. The van der Waals surface area contributed by atoms with Crippen molar-refractivity contribution >= 4 is 5.84 Å². The van der Waals surface area contributed by atoms with Crippen molar-refractivity contribution in [2.24, 2.45) is 5.73 Å². The molecule has 0 atom stereocenters. The Morgan fingerprint density at radius 1 is 1.16 bits per heavy atom. The molecule has 9 heteroatoms. The minimum Gasteiger partial charge on any atom is -0.483 e. The van der Waals surface area contributed by atoms with Crippen LogP contribution in [-0.2, 0) is 6.18 Å². The van der Waals surface area contributed by atoms with Crippen LogP contribution >= 0.6 is 0 Å². The van der Waals surface area contributed by atoms with E-state index < -0.39 is 41.7 Å². The second kappa shape index (κ2) is 4.98. The van der Waals surface area contributed by atoms with E-state index in [1.54, 1.807) is 0 Å². The molecule has 0 aliphatic rings. The predicted octanol–water partition coefficient (Wildman–Crippen LogP) is 2.93. The summed E-state index contributed by atoms with van der Waals surface area (Å²) in [6.45, 7) is -1.68. The fourth-order valence-corrected chi connectivity index (χ4v) is 1.20. The molecule has 0 radical (unpaired) electrons. The highest BCUT2D eigenvalue weighted by molar-refractivity contribution is 5.97. The minimum absolute atomic E-state index is 0.466. The van der Waals surface area contributed by atoms with Gasteiger partial charge in [-0.15, -0.1) is 0 Å². The van der Waals surface area contributed by atoms with Gasteiger partial charge in [-0.3, -0.25) is 5.41 Å². The molecule has 0 heterocycles. The molecular weight excluding hydrogens is 278 g/mol. The van der Waals surface area contributed by atoms with E-state index >= 15 is 0 Å². The second-order valence-corrected chi connectivity index (χ2v) is 3.53. The third-order valence-corrected chi connectivity index (χ3v) is 1.99. The lowest BCUT2D eigenvalue weighted by atomic mass is 10.1. The van der Waals surface area contributed by atoms with Crippen molar-refractivity contribution in [1.82, 2.24) is 0 Å². The van der Waals surface area contributed by atoms with Gasteiger partial charge >= 0.3 is 12.4 Å². The smallest absolute Gasteiger partial charge is 0.422 e. The monoisotopic (exact) mass is 286 g/mol. The van der Waals surface area contributed by atoms with Gasteiger partial charge in [0.05, 0.1) is 11.1 Å². The van der Waals surface area contributed by atoms with Crippen LogP contribution in [-0.4, -0.2) is 18.6 Å². The molecule has 0 amide bonds. The van der Waals surface area contributed by atoms with Gasteiger partial charge in [0, 0.05) is 0 Å². The van der Waals surface area contributed by atoms with Crippen LogP contribution in [0.2, 0.25) is 0 Å². The van der Waals surface area contributed by atoms with Gasteiger partial charge in [-0.25, -0.2) is 0 Å². The van der Waals surface area contributed by atoms with Gasteiger partial charge in [-0.2, -0.15) is 26.3 Å². The van der Waals surface area contributed by atoms with E-state index in [1.165, 1.54) is 0 Å². The van der Waals surface area contributed by atoms with Crippen LogP contribution in [0.4, 0.5) is 26.3 Å². The zero-order chi connectivity index (χ0) is 14.8. The van der Waals surface area contributed by atoms with Crippen LogP contribution in [0.5, 0.6) is 5.75 Å². The predicted molar refractivity (Wildman–Crippen MR) is 54.0 cm³/mol. The summed E-state index contributed by atoms with van der Waals surface area (Å²) in [5.74, 6) is -1.35. The summed E-state index contributed by atoms with van der Waals surface area (Å²) >= 11 is 0. The van der Waals surface area contributed by atoms with E-state index in [9.17, 15) is 26.3 Å². The van der Waals surface area contributed by atoms with E-state index in [0.717, 1.165) is 0 Å². The Morgan fingerprint density at radius 2 is 1.74 bits per heavy atom. The molecule has 3 nitrogen and oxygen atoms in total. The number of rotatable bonds is 3. The minimum atomic E-state index is -4.69. The number of nitrogen functional groups attached to an aromatic ring is 1. The Morgan fingerprint density at radius 3 is 2.16 bits per heavy atom. The number of halogens is 6. The topological polar surface area (TPSA) is 59.1 Å². The largest absolute Gasteiger partial charge is 0.483 e. The van der Waals surface area contributed by atoms with Crippen molar-refractivity contribution in [2.45, 2.75) is 12.4 Å². The van der Waals surface area contributed by atoms with Crippen LogP contribution < -0.4 is 10.5 Å². The molecule has 1 aromatic carbocycles. The van der Waals surface area contributed by atoms with E-state index in [1.807, 2.05) is 0 Å². The number of amidine groups is 1. The highest BCUT2D eigenvalue weighted by Gasteiger charge is 2.32. The van der Waals surface area contributed by atoms with Crippen molar-refractivity contribution in [3.63, 3.8) is 0 Å². The Kier molecular flexibility index (Phi) is 3.97. The lowest BCUT2D eigenvalue weighted by Gasteiger charge is -2.14.